The number of carbonyl (C=O) groups is 1. The van der Waals surface area contributed by atoms with Crippen LogP contribution in [0.15, 0.2) is 30.5 Å². The van der Waals surface area contributed by atoms with Crippen molar-refractivity contribution in [3.05, 3.63) is 36.0 Å². The van der Waals surface area contributed by atoms with Gasteiger partial charge in [0.1, 0.15) is 5.60 Å². The van der Waals surface area contributed by atoms with Gasteiger partial charge < -0.3 is 14.2 Å². The molecule has 1 aromatic carbocycles. The molecule has 130 valence electrons. The summed E-state index contributed by atoms with van der Waals surface area (Å²) in [5, 5.41) is 1.32. The van der Waals surface area contributed by atoms with Crippen molar-refractivity contribution in [2.75, 3.05) is 13.1 Å². The number of likely N-dealkylation sites (tertiary alicyclic amines) is 1. The zero-order valence-electron chi connectivity index (χ0n) is 15.2. The first-order chi connectivity index (χ1) is 11.4. The Morgan fingerprint density at radius 1 is 1.29 bits per heavy atom. The van der Waals surface area contributed by atoms with Crippen LogP contribution in [-0.2, 0) is 11.3 Å². The molecule has 1 aliphatic heterocycles. The van der Waals surface area contributed by atoms with Gasteiger partial charge in [-0.3, -0.25) is 0 Å². The van der Waals surface area contributed by atoms with Crippen LogP contribution in [0.4, 0.5) is 4.79 Å². The first-order valence-electron chi connectivity index (χ1n) is 8.94. The molecule has 1 atom stereocenters. The molecule has 24 heavy (non-hydrogen) atoms. The first-order valence-corrected chi connectivity index (χ1v) is 8.94. The summed E-state index contributed by atoms with van der Waals surface area (Å²) in [5.74, 6) is 0.379. The molecule has 1 aliphatic rings. The van der Waals surface area contributed by atoms with Gasteiger partial charge >= 0.3 is 6.09 Å². The van der Waals surface area contributed by atoms with Crippen molar-refractivity contribution < 1.29 is 9.53 Å². The summed E-state index contributed by atoms with van der Waals surface area (Å²) in [6.45, 7) is 10.4. The number of para-hydroxylation sites is 1. The van der Waals surface area contributed by atoms with Gasteiger partial charge in [-0.25, -0.2) is 4.79 Å². The van der Waals surface area contributed by atoms with E-state index in [2.05, 4.69) is 42.0 Å². The molecule has 1 aromatic heterocycles. The Balaban J connectivity index is 1.84. The van der Waals surface area contributed by atoms with Gasteiger partial charge in [0.2, 0.25) is 0 Å². The minimum absolute atomic E-state index is 0.188. The summed E-state index contributed by atoms with van der Waals surface area (Å²) in [5.41, 5.74) is 2.20. The van der Waals surface area contributed by atoms with Crippen LogP contribution in [0.2, 0.25) is 0 Å². The third kappa shape index (κ3) is 3.42. The maximum Gasteiger partial charge on any atom is 0.410 e. The van der Waals surface area contributed by atoms with E-state index in [4.69, 9.17) is 4.74 Å². The van der Waals surface area contributed by atoms with Gasteiger partial charge in [-0.1, -0.05) is 18.2 Å². The molecular formula is C20H28N2O2. The van der Waals surface area contributed by atoms with Crippen LogP contribution < -0.4 is 0 Å². The number of nitrogens with zero attached hydrogens (tertiary/aromatic N) is 2. The summed E-state index contributed by atoms with van der Waals surface area (Å²) in [4.78, 5) is 14.3. The molecule has 0 N–H and O–H groups in total. The summed E-state index contributed by atoms with van der Waals surface area (Å²) in [7, 11) is 0. The molecule has 0 spiro atoms. The monoisotopic (exact) mass is 328 g/mol. The predicted octanol–water partition coefficient (Wildman–Crippen LogP) is 4.78. The highest BCUT2D eigenvalue weighted by molar-refractivity contribution is 5.84. The number of rotatable bonds is 2. The fourth-order valence-electron chi connectivity index (χ4n) is 3.59. The highest BCUT2D eigenvalue weighted by atomic mass is 16.6. The van der Waals surface area contributed by atoms with E-state index in [1.807, 2.05) is 25.7 Å². The van der Waals surface area contributed by atoms with Crippen molar-refractivity contribution in [3.8, 4) is 0 Å². The summed E-state index contributed by atoms with van der Waals surface area (Å²) < 4.78 is 7.86. The number of carbonyl (C=O) groups excluding carboxylic acids is 1. The van der Waals surface area contributed by atoms with E-state index in [9.17, 15) is 4.79 Å². The molecule has 0 aliphatic carbocycles. The topological polar surface area (TPSA) is 34.5 Å². The van der Waals surface area contributed by atoms with E-state index < -0.39 is 5.60 Å². The number of benzene rings is 1. The second kappa shape index (κ2) is 6.50. The van der Waals surface area contributed by atoms with E-state index in [0.29, 0.717) is 5.92 Å². The minimum Gasteiger partial charge on any atom is -0.444 e. The average Bonchev–Trinajstić information content (AvgIpc) is 2.92. The molecular weight excluding hydrogens is 300 g/mol. The van der Waals surface area contributed by atoms with Crippen molar-refractivity contribution in [1.82, 2.24) is 9.47 Å². The summed E-state index contributed by atoms with van der Waals surface area (Å²) in [6.07, 6.45) is 4.23. The van der Waals surface area contributed by atoms with Gasteiger partial charge in [0, 0.05) is 42.7 Å². The maximum absolute atomic E-state index is 12.4. The maximum atomic E-state index is 12.4. The van der Waals surface area contributed by atoms with Crippen LogP contribution in [0.1, 0.15) is 52.0 Å². The molecule has 0 radical (unpaired) electrons. The van der Waals surface area contributed by atoms with Gasteiger partial charge in [0.05, 0.1) is 0 Å². The molecule has 1 saturated heterocycles. The summed E-state index contributed by atoms with van der Waals surface area (Å²) in [6, 6.07) is 8.56. The number of aromatic nitrogens is 1. The Labute approximate surface area is 144 Å². The van der Waals surface area contributed by atoms with Crippen LogP contribution in [-0.4, -0.2) is 34.3 Å². The highest BCUT2D eigenvalue weighted by Crippen LogP contribution is 2.34. The molecule has 0 saturated carbocycles. The standard InChI is InChI=1S/C20H28N2O2/c1-5-21-14-17(16-10-6-7-11-18(16)21)15-9-8-12-22(13-15)19(23)24-20(2,3)4/h6-7,10-11,14-15H,5,8-9,12-13H2,1-4H3. The van der Waals surface area contributed by atoms with E-state index in [1.54, 1.807) is 0 Å². The molecule has 2 heterocycles. The number of aryl methyl sites for hydroxylation is 1. The Kier molecular flexibility index (Phi) is 4.57. The van der Waals surface area contributed by atoms with Gasteiger partial charge in [-0.15, -0.1) is 0 Å². The van der Waals surface area contributed by atoms with Gasteiger partial charge in [-0.05, 0) is 52.2 Å². The van der Waals surface area contributed by atoms with E-state index in [1.165, 1.54) is 16.5 Å². The Morgan fingerprint density at radius 3 is 2.75 bits per heavy atom. The van der Waals surface area contributed by atoms with Crippen molar-refractivity contribution in [2.45, 2.75) is 58.6 Å². The Bertz CT molecular complexity index is 727. The second-order valence-corrected chi connectivity index (χ2v) is 7.65. The zero-order chi connectivity index (χ0) is 17.3. The fourth-order valence-corrected chi connectivity index (χ4v) is 3.59. The van der Waals surface area contributed by atoms with E-state index in [0.717, 1.165) is 32.5 Å². The van der Waals surface area contributed by atoms with Crippen molar-refractivity contribution in [2.24, 2.45) is 0 Å². The molecule has 0 bridgehead atoms. The molecule has 4 nitrogen and oxygen atoms in total. The SMILES string of the molecule is CCn1cc(C2CCCN(C(=O)OC(C)(C)C)C2)c2ccccc21. The first kappa shape index (κ1) is 16.9. The zero-order valence-corrected chi connectivity index (χ0v) is 15.2. The molecule has 2 aromatic rings. The van der Waals surface area contributed by atoms with Crippen LogP contribution in [0, 0.1) is 0 Å². The highest BCUT2D eigenvalue weighted by Gasteiger charge is 2.29. The second-order valence-electron chi connectivity index (χ2n) is 7.65. The number of hydrogen-bond acceptors (Lipinski definition) is 2. The minimum atomic E-state index is -0.442. The lowest BCUT2D eigenvalue weighted by atomic mass is 9.90. The quantitative estimate of drug-likeness (QED) is 0.795. The third-order valence-electron chi connectivity index (χ3n) is 4.67. The largest absolute Gasteiger partial charge is 0.444 e. The van der Waals surface area contributed by atoms with Crippen LogP contribution >= 0.6 is 0 Å². The van der Waals surface area contributed by atoms with E-state index >= 15 is 0 Å². The van der Waals surface area contributed by atoms with Gasteiger partial charge in [0.15, 0.2) is 0 Å². The molecule has 1 unspecified atom stereocenters. The van der Waals surface area contributed by atoms with Crippen molar-refractivity contribution >= 4 is 17.0 Å². The number of fused-ring (bicyclic) bond motifs is 1. The molecule has 4 heteroatoms. The van der Waals surface area contributed by atoms with E-state index in [-0.39, 0.29) is 6.09 Å². The number of piperidine rings is 1. The molecule has 1 fully saturated rings. The van der Waals surface area contributed by atoms with Crippen molar-refractivity contribution in [1.29, 1.82) is 0 Å². The smallest absolute Gasteiger partial charge is 0.410 e. The molecule has 1 amide bonds. The van der Waals surface area contributed by atoms with Crippen LogP contribution in [0.25, 0.3) is 10.9 Å². The average molecular weight is 328 g/mol. The van der Waals surface area contributed by atoms with Crippen molar-refractivity contribution in [3.63, 3.8) is 0 Å². The molecule has 3 rings (SSSR count). The van der Waals surface area contributed by atoms with Crippen LogP contribution in [0.3, 0.4) is 0 Å². The lowest BCUT2D eigenvalue weighted by Gasteiger charge is -2.34. The normalized spacial score (nSPS) is 18.8. The number of amides is 1. The number of ether oxygens (including phenoxy) is 1. The lowest BCUT2D eigenvalue weighted by molar-refractivity contribution is 0.0198. The van der Waals surface area contributed by atoms with Crippen LogP contribution in [0.5, 0.6) is 0 Å². The van der Waals surface area contributed by atoms with Gasteiger partial charge in [-0.2, -0.15) is 0 Å². The number of hydrogen-bond donors (Lipinski definition) is 0. The predicted molar refractivity (Wildman–Crippen MR) is 97.4 cm³/mol. The Morgan fingerprint density at radius 2 is 2.04 bits per heavy atom. The fraction of sp³-hybridized carbons (Fsp3) is 0.550. The Hall–Kier alpha value is -1.97. The summed E-state index contributed by atoms with van der Waals surface area (Å²) >= 11 is 0. The third-order valence-corrected chi connectivity index (χ3v) is 4.67. The van der Waals surface area contributed by atoms with Gasteiger partial charge in [0.25, 0.3) is 0 Å². The lowest BCUT2D eigenvalue weighted by Crippen LogP contribution is -2.42.